The topological polar surface area (TPSA) is 49.6 Å². The van der Waals surface area contributed by atoms with E-state index in [1.807, 2.05) is 29.2 Å². The summed E-state index contributed by atoms with van der Waals surface area (Å²) >= 11 is 5.90. The molecule has 1 saturated heterocycles. The number of hydrogen-bond donors (Lipinski definition) is 1. The maximum atomic E-state index is 12.4. The Morgan fingerprint density at radius 3 is 2.20 bits per heavy atom. The molecule has 20 heavy (non-hydrogen) atoms. The molecule has 4 nitrogen and oxygen atoms in total. The summed E-state index contributed by atoms with van der Waals surface area (Å²) in [6, 6.07) is 7.85. The van der Waals surface area contributed by atoms with Crippen LogP contribution in [0.4, 0.5) is 5.69 Å². The molecule has 0 bridgehead atoms. The molecule has 0 spiro atoms. The molecule has 1 heterocycles. The lowest BCUT2D eigenvalue weighted by Gasteiger charge is -2.43. The zero-order valence-electron chi connectivity index (χ0n) is 11.5. The second-order valence-electron chi connectivity index (χ2n) is 5.77. The molecular formula is C15H20ClN3O. The van der Waals surface area contributed by atoms with Gasteiger partial charge in [0.05, 0.1) is 5.54 Å². The number of halogens is 1. The Balaban J connectivity index is 1.59. The minimum atomic E-state index is -0.567. The highest BCUT2D eigenvalue weighted by molar-refractivity contribution is 6.30. The fourth-order valence-corrected chi connectivity index (χ4v) is 3.03. The van der Waals surface area contributed by atoms with Crippen LogP contribution in [0.1, 0.15) is 19.3 Å². The molecule has 3 rings (SSSR count). The number of anilines is 1. The monoisotopic (exact) mass is 293 g/mol. The van der Waals surface area contributed by atoms with Crippen molar-refractivity contribution < 1.29 is 4.79 Å². The average Bonchev–Trinajstić information content (AvgIpc) is 2.45. The van der Waals surface area contributed by atoms with Gasteiger partial charge in [-0.3, -0.25) is 4.79 Å². The maximum absolute atomic E-state index is 12.4. The maximum Gasteiger partial charge on any atom is 0.242 e. The van der Waals surface area contributed by atoms with E-state index in [0.29, 0.717) is 0 Å². The van der Waals surface area contributed by atoms with Gasteiger partial charge in [0.1, 0.15) is 0 Å². The molecule has 1 aromatic carbocycles. The van der Waals surface area contributed by atoms with Crippen molar-refractivity contribution in [1.82, 2.24) is 4.90 Å². The van der Waals surface area contributed by atoms with Crippen LogP contribution in [0.25, 0.3) is 0 Å². The Hall–Kier alpha value is -1.26. The van der Waals surface area contributed by atoms with Crippen LogP contribution in [0.15, 0.2) is 24.3 Å². The van der Waals surface area contributed by atoms with Crippen molar-refractivity contribution in [3.05, 3.63) is 29.3 Å². The van der Waals surface area contributed by atoms with E-state index in [0.717, 1.165) is 56.2 Å². The fraction of sp³-hybridized carbons (Fsp3) is 0.533. The molecule has 1 aliphatic carbocycles. The van der Waals surface area contributed by atoms with E-state index in [9.17, 15) is 4.79 Å². The Morgan fingerprint density at radius 1 is 1.10 bits per heavy atom. The third kappa shape index (κ3) is 2.50. The lowest BCUT2D eigenvalue weighted by atomic mass is 9.76. The first-order chi connectivity index (χ1) is 9.58. The Kier molecular flexibility index (Phi) is 3.61. The minimum absolute atomic E-state index is 0.138. The second-order valence-corrected chi connectivity index (χ2v) is 6.20. The molecule has 0 radical (unpaired) electrons. The van der Waals surface area contributed by atoms with Crippen LogP contribution in [0.3, 0.4) is 0 Å². The Morgan fingerprint density at radius 2 is 1.70 bits per heavy atom. The van der Waals surface area contributed by atoms with Gasteiger partial charge in [0.2, 0.25) is 5.91 Å². The number of carbonyl (C=O) groups excluding carboxylic acids is 1. The smallest absolute Gasteiger partial charge is 0.242 e. The molecule has 1 amide bonds. The lowest BCUT2D eigenvalue weighted by molar-refractivity contribution is -0.140. The number of nitrogens with zero attached hydrogens (tertiary/aromatic N) is 2. The largest absolute Gasteiger partial charge is 0.368 e. The van der Waals surface area contributed by atoms with Gasteiger partial charge in [-0.05, 0) is 43.5 Å². The van der Waals surface area contributed by atoms with Gasteiger partial charge < -0.3 is 15.5 Å². The summed E-state index contributed by atoms with van der Waals surface area (Å²) in [5.41, 5.74) is 6.71. The number of rotatable bonds is 2. The summed E-state index contributed by atoms with van der Waals surface area (Å²) in [5.74, 6) is 0.138. The van der Waals surface area contributed by atoms with Gasteiger partial charge in [0, 0.05) is 36.9 Å². The van der Waals surface area contributed by atoms with Gasteiger partial charge in [0.25, 0.3) is 0 Å². The van der Waals surface area contributed by atoms with Gasteiger partial charge in [-0.1, -0.05) is 11.6 Å². The van der Waals surface area contributed by atoms with E-state index in [1.54, 1.807) is 0 Å². The number of amides is 1. The van der Waals surface area contributed by atoms with Crippen LogP contribution in [-0.2, 0) is 4.79 Å². The molecule has 1 aromatic rings. The fourth-order valence-electron chi connectivity index (χ4n) is 2.91. The molecule has 2 aliphatic rings. The molecule has 0 aromatic heterocycles. The Bertz CT molecular complexity index is 490. The number of piperazine rings is 1. The van der Waals surface area contributed by atoms with Gasteiger partial charge in [0.15, 0.2) is 0 Å². The van der Waals surface area contributed by atoms with E-state index in [4.69, 9.17) is 17.3 Å². The molecular weight excluding hydrogens is 274 g/mol. The highest BCUT2D eigenvalue weighted by Crippen LogP contribution is 2.31. The van der Waals surface area contributed by atoms with Crippen molar-refractivity contribution in [1.29, 1.82) is 0 Å². The molecule has 0 atom stereocenters. The van der Waals surface area contributed by atoms with Crippen molar-refractivity contribution in [3.63, 3.8) is 0 Å². The minimum Gasteiger partial charge on any atom is -0.368 e. The van der Waals surface area contributed by atoms with Gasteiger partial charge >= 0.3 is 0 Å². The zero-order valence-corrected chi connectivity index (χ0v) is 12.3. The van der Waals surface area contributed by atoms with Crippen LogP contribution in [0, 0.1) is 0 Å². The molecule has 1 aliphatic heterocycles. The van der Waals surface area contributed by atoms with Crippen molar-refractivity contribution in [2.45, 2.75) is 24.8 Å². The summed E-state index contributed by atoms with van der Waals surface area (Å²) in [4.78, 5) is 16.6. The first-order valence-electron chi connectivity index (χ1n) is 7.17. The van der Waals surface area contributed by atoms with Gasteiger partial charge in [-0.15, -0.1) is 0 Å². The number of hydrogen-bond acceptors (Lipinski definition) is 3. The highest BCUT2D eigenvalue weighted by Gasteiger charge is 2.43. The van der Waals surface area contributed by atoms with Crippen LogP contribution in [-0.4, -0.2) is 42.5 Å². The number of nitrogens with two attached hydrogens (primary N) is 1. The summed E-state index contributed by atoms with van der Waals surface area (Å²) in [6.45, 7) is 3.20. The van der Waals surface area contributed by atoms with Gasteiger partial charge in [-0.25, -0.2) is 0 Å². The first-order valence-corrected chi connectivity index (χ1v) is 7.55. The third-order valence-corrected chi connectivity index (χ3v) is 4.68. The van der Waals surface area contributed by atoms with Gasteiger partial charge in [-0.2, -0.15) is 0 Å². The molecule has 0 unspecified atom stereocenters. The van der Waals surface area contributed by atoms with E-state index in [-0.39, 0.29) is 5.91 Å². The standard InChI is InChI=1S/C15H20ClN3O/c16-12-2-4-13(5-3-12)18-8-10-19(11-9-18)14(20)15(17)6-1-7-15/h2-5H,1,6-11,17H2. The SMILES string of the molecule is NC1(C(=O)N2CCN(c3ccc(Cl)cc3)CC2)CCC1. The predicted molar refractivity (Wildman–Crippen MR) is 81.0 cm³/mol. The van der Waals surface area contributed by atoms with Crippen LogP contribution < -0.4 is 10.6 Å². The normalized spacial score (nSPS) is 21.5. The average molecular weight is 294 g/mol. The van der Waals surface area contributed by atoms with Crippen molar-refractivity contribution >= 4 is 23.2 Å². The summed E-state index contributed by atoms with van der Waals surface area (Å²) in [6.07, 6.45) is 2.75. The van der Waals surface area contributed by atoms with Crippen molar-refractivity contribution in [2.24, 2.45) is 5.73 Å². The quantitative estimate of drug-likeness (QED) is 0.906. The first kappa shape index (κ1) is 13.7. The van der Waals surface area contributed by atoms with Crippen molar-refractivity contribution in [3.8, 4) is 0 Å². The molecule has 108 valence electrons. The third-order valence-electron chi connectivity index (χ3n) is 4.43. The predicted octanol–water partition coefficient (Wildman–Crippen LogP) is 1.87. The lowest BCUT2D eigenvalue weighted by Crippen LogP contribution is -2.62. The molecule has 1 saturated carbocycles. The van der Waals surface area contributed by atoms with Crippen LogP contribution >= 0.6 is 11.6 Å². The molecule has 2 N–H and O–H groups in total. The Labute approximate surface area is 124 Å². The van der Waals surface area contributed by atoms with E-state index < -0.39 is 5.54 Å². The highest BCUT2D eigenvalue weighted by atomic mass is 35.5. The summed E-state index contributed by atoms with van der Waals surface area (Å²) < 4.78 is 0. The number of carbonyl (C=O) groups is 1. The summed E-state index contributed by atoms with van der Waals surface area (Å²) in [5, 5.41) is 0.748. The van der Waals surface area contributed by atoms with Crippen molar-refractivity contribution in [2.75, 3.05) is 31.1 Å². The van der Waals surface area contributed by atoms with Crippen LogP contribution in [0.5, 0.6) is 0 Å². The zero-order chi connectivity index (χ0) is 14.2. The van der Waals surface area contributed by atoms with E-state index >= 15 is 0 Å². The van der Waals surface area contributed by atoms with Crippen LogP contribution in [0.2, 0.25) is 5.02 Å². The molecule has 2 fully saturated rings. The van der Waals surface area contributed by atoms with E-state index in [2.05, 4.69) is 4.90 Å². The second kappa shape index (κ2) is 5.26. The summed E-state index contributed by atoms with van der Waals surface area (Å²) in [7, 11) is 0. The molecule has 5 heteroatoms. The van der Waals surface area contributed by atoms with E-state index in [1.165, 1.54) is 0 Å². The number of benzene rings is 1.